The monoisotopic (exact) mass is 426 g/mol. The van der Waals surface area contributed by atoms with Gasteiger partial charge in [0.25, 0.3) is 0 Å². The van der Waals surface area contributed by atoms with E-state index >= 15 is 0 Å². The summed E-state index contributed by atoms with van der Waals surface area (Å²) in [5, 5.41) is 18.1. The first-order valence-corrected chi connectivity index (χ1v) is 8.45. The van der Waals surface area contributed by atoms with E-state index < -0.39 is 41.7 Å². The van der Waals surface area contributed by atoms with Crippen LogP contribution in [0.2, 0.25) is 0 Å². The van der Waals surface area contributed by atoms with E-state index in [1.165, 1.54) is 6.08 Å². The highest BCUT2D eigenvalue weighted by Crippen LogP contribution is 2.83. The molecule has 0 saturated heterocycles. The van der Waals surface area contributed by atoms with Crippen LogP contribution < -0.4 is 0 Å². The number of hydrogen-bond acceptors (Lipinski definition) is 2. The lowest BCUT2D eigenvalue weighted by atomic mass is 9.70. The molecule has 0 aromatic heterocycles. The lowest BCUT2D eigenvalue weighted by Gasteiger charge is -2.50. The van der Waals surface area contributed by atoms with Crippen LogP contribution in [-0.4, -0.2) is 51.9 Å². The van der Waals surface area contributed by atoms with Crippen LogP contribution in [0, 0.1) is 0 Å². The maximum Gasteiger partial charge on any atom is 0.328 e. The number of rotatable bonds is 2. The normalized spacial score (nSPS) is 55.9. The molecule has 6 unspecified atom stereocenters. The molecule has 0 heterocycles. The molecule has 4 nitrogen and oxygen atoms in total. The zero-order chi connectivity index (χ0) is 16.9. The van der Waals surface area contributed by atoms with E-state index in [1.54, 1.807) is 0 Å². The van der Waals surface area contributed by atoms with Gasteiger partial charge in [0, 0.05) is 0 Å². The maximum atomic E-state index is 11.9. The van der Waals surface area contributed by atoms with Crippen molar-refractivity contribution in [2.24, 2.45) is 0 Å². The van der Waals surface area contributed by atoms with Gasteiger partial charge in [0.05, 0.1) is 10.3 Å². The standard InChI is InChI=1S/C12H8Cl6O4/c13-5-2-1-4-8(14)3-9(8,15)12(18,7(21)22)11(4,17)10(5,16)6(19)20/h1,5H,2-3H2,(H,19,20)(H,21,22). The number of aliphatic carboxylic acids is 2. The van der Waals surface area contributed by atoms with Gasteiger partial charge in [-0.2, -0.15) is 0 Å². The van der Waals surface area contributed by atoms with Crippen molar-refractivity contribution in [3.63, 3.8) is 0 Å². The van der Waals surface area contributed by atoms with E-state index in [1.807, 2.05) is 0 Å². The molecule has 0 radical (unpaired) electrons. The van der Waals surface area contributed by atoms with Crippen LogP contribution in [0.4, 0.5) is 0 Å². The second-order valence-electron chi connectivity index (χ2n) is 5.74. The average molecular weight is 429 g/mol. The average Bonchev–Trinajstić information content (AvgIpc) is 2.95. The van der Waals surface area contributed by atoms with Crippen molar-refractivity contribution >= 4 is 81.5 Å². The SMILES string of the molecule is O=C(O)C1(Cl)C(Cl)CC=C2C3(Cl)CC3(Cl)C(Cl)(C(=O)O)C21Cl. The number of carboxylic acid groups (broad SMARTS) is 2. The lowest BCUT2D eigenvalue weighted by Crippen LogP contribution is -2.71. The fourth-order valence-electron chi connectivity index (χ4n) is 3.67. The van der Waals surface area contributed by atoms with Gasteiger partial charge in [-0.05, 0) is 18.4 Å². The molecule has 0 amide bonds. The summed E-state index contributed by atoms with van der Waals surface area (Å²) in [5.41, 5.74) is 0.116. The zero-order valence-corrected chi connectivity index (χ0v) is 15.1. The fourth-order valence-corrected chi connectivity index (χ4v) is 6.93. The van der Waals surface area contributed by atoms with E-state index in [0.717, 1.165) is 0 Å². The van der Waals surface area contributed by atoms with Crippen molar-refractivity contribution in [1.82, 2.24) is 0 Å². The Morgan fingerprint density at radius 2 is 1.64 bits per heavy atom. The molecule has 2 saturated carbocycles. The van der Waals surface area contributed by atoms with Gasteiger partial charge in [-0.1, -0.05) is 6.08 Å². The van der Waals surface area contributed by atoms with Gasteiger partial charge < -0.3 is 10.2 Å². The summed E-state index contributed by atoms with van der Waals surface area (Å²) in [6, 6.07) is 0. The number of allylic oxidation sites excluding steroid dienone is 2. The molecule has 2 fully saturated rings. The Morgan fingerprint density at radius 1 is 1.09 bits per heavy atom. The molecule has 3 rings (SSSR count). The predicted octanol–water partition coefficient (Wildman–Crippen LogP) is 3.40. The third-order valence-electron chi connectivity index (χ3n) is 4.88. The Balaban J connectivity index is 2.39. The molecule has 10 heteroatoms. The van der Waals surface area contributed by atoms with E-state index in [4.69, 9.17) is 69.6 Å². The Labute approximate surface area is 155 Å². The van der Waals surface area contributed by atoms with Gasteiger partial charge in [0.2, 0.25) is 0 Å². The Kier molecular flexibility index (Phi) is 3.39. The largest absolute Gasteiger partial charge is 0.480 e. The minimum atomic E-state index is -2.43. The Hall–Kier alpha value is 0.420. The van der Waals surface area contributed by atoms with E-state index in [-0.39, 0.29) is 18.4 Å². The second kappa shape index (κ2) is 4.33. The summed E-state index contributed by atoms with van der Waals surface area (Å²) in [6.45, 7) is 0. The summed E-state index contributed by atoms with van der Waals surface area (Å²) < 4.78 is 0. The number of hydrogen-bond donors (Lipinski definition) is 2. The van der Waals surface area contributed by atoms with Crippen molar-refractivity contribution in [2.45, 2.75) is 42.6 Å². The first kappa shape index (κ1) is 17.2. The molecule has 6 atom stereocenters. The fraction of sp³-hybridized carbons (Fsp3) is 0.667. The zero-order valence-electron chi connectivity index (χ0n) is 10.5. The van der Waals surface area contributed by atoms with Crippen LogP contribution in [0.3, 0.4) is 0 Å². The number of fused-ring (bicyclic) bond motifs is 3. The number of carboxylic acids is 2. The number of alkyl halides is 6. The lowest BCUT2D eigenvalue weighted by molar-refractivity contribution is -0.144. The summed E-state index contributed by atoms with van der Waals surface area (Å²) in [5.74, 6) is -3.18. The third-order valence-corrected chi connectivity index (χ3v) is 9.54. The van der Waals surface area contributed by atoms with Crippen LogP contribution in [0.5, 0.6) is 0 Å². The first-order valence-electron chi connectivity index (χ1n) is 6.12. The van der Waals surface area contributed by atoms with Gasteiger partial charge >= 0.3 is 11.9 Å². The van der Waals surface area contributed by atoms with E-state index in [9.17, 15) is 19.8 Å². The van der Waals surface area contributed by atoms with Gasteiger partial charge in [-0.15, -0.1) is 69.6 Å². The van der Waals surface area contributed by atoms with Crippen molar-refractivity contribution in [2.75, 3.05) is 0 Å². The van der Waals surface area contributed by atoms with Crippen molar-refractivity contribution in [1.29, 1.82) is 0 Å². The molecule has 0 aliphatic heterocycles. The van der Waals surface area contributed by atoms with E-state index in [0.29, 0.717) is 0 Å². The first-order chi connectivity index (χ1) is 9.85. The molecule has 0 aromatic rings. The van der Waals surface area contributed by atoms with Crippen LogP contribution in [-0.2, 0) is 9.59 Å². The van der Waals surface area contributed by atoms with Crippen LogP contribution in [0.25, 0.3) is 0 Å². The molecule has 0 bridgehead atoms. The van der Waals surface area contributed by atoms with Gasteiger partial charge in [0.1, 0.15) is 9.75 Å². The Bertz CT molecular complexity index is 654. The molecule has 3 aliphatic carbocycles. The van der Waals surface area contributed by atoms with Gasteiger partial charge in [-0.3, -0.25) is 9.59 Å². The summed E-state index contributed by atoms with van der Waals surface area (Å²) >= 11 is 38.0. The van der Waals surface area contributed by atoms with Gasteiger partial charge in [-0.25, -0.2) is 0 Å². The van der Waals surface area contributed by atoms with Crippen molar-refractivity contribution in [3.05, 3.63) is 11.6 Å². The smallest absolute Gasteiger partial charge is 0.328 e. The van der Waals surface area contributed by atoms with Crippen LogP contribution in [0.1, 0.15) is 12.8 Å². The molecular formula is C12H8Cl6O4. The summed E-state index contributed by atoms with van der Waals surface area (Å²) in [6.07, 6.45) is 1.59. The third kappa shape index (κ3) is 1.35. The van der Waals surface area contributed by atoms with Gasteiger partial charge in [0.15, 0.2) is 9.75 Å². The van der Waals surface area contributed by atoms with Crippen LogP contribution in [0.15, 0.2) is 11.6 Å². The summed E-state index contributed by atoms with van der Waals surface area (Å²) in [7, 11) is 0. The second-order valence-corrected chi connectivity index (χ2v) is 9.29. The summed E-state index contributed by atoms with van der Waals surface area (Å²) in [4.78, 5) is 13.6. The quantitative estimate of drug-likeness (QED) is 0.522. The molecule has 122 valence electrons. The Morgan fingerprint density at radius 3 is 2.09 bits per heavy atom. The molecular weight excluding hydrogens is 421 g/mol. The minimum Gasteiger partial charge on any atom is -0.480 e. The van der Waals surface area contributed by atoms with E-state index in [2.05, 4.69) is 0 Å². The molecule has 22 heavy (non-hydrogen) atoms. The molecule has 0 aromatic carbocycles. The molecule has 3 aliphatic rings. The molecule has 0 spiro atoms. The molecule has 2 N–H and O–H groups in total. The van der Waals surface area contributed by atoms with Crippen LogP contribution >= 0.6 is 69.6 Å². The highest BCUT2D eigenvalue weighted by atomic mass is 35.5. The maximum absolute atomic E-state index is 11.9. The van der Waals surface area contributed by atoms with Crippen molar-refractivity contribution in [3.8, 4) is 0 Å². The number of carbonyl (C=O) groups is 2. The highest BCUT2D eigenvalue weighted by Gasteiger charge is 2.96. The van der Waals surface area contributed by atoms with Crippen molar-refractivity contribution < 1.29 is 19.8 Å². The minimum absolute atomic E-state index is 0.0404. The topological polar surface area (TPSA) is 74.6 Å². The number of halogens is 6. The predicted molar refractivity (Wildman–Crippen MR) is 85.1 cm³/mol. The highest BCUT2D eigenvalue weighted by molar-refractivity contribution is 6.60.